The molecule has 2 aromatic rings. The molecule has 0 aliphatic heterocycles. The van der Waals surface area contributed by atoms with E-state index in [-0.39, 0.29) is 0 Å². The SMILES string of the molecule is CCNC(=NCCCN(CC)c1ccccc1)NCCn1ccnc1. The third-order valence-corrected chi connectivity index (χ3v) is 3.92. The van der Waals surface area contributed by atoms with E-state index in [0.29, 0.717) is 0 Å². The second-order valence-corrected chi connectivity index (χ2v) is 5.76. The van der Waals surface area contributed by atoms with E-state index in [1.807, 2.05) is 12.5 Å². The van der Waals surface area contributed by atoms with Crippen molar-refractivity contribution in [3.8, 4) is 0 Å². The Kier molecular flexibility index (Phi) is 8.38. The van der Waals surface area contributed by atoms with E-state index >= 15 is 0 Å². The van der Waals surface area contributed by atoms with E-state index in [1.165, 1.54) is 5.69 Å². The summed E-state index contributed by atoms with van der Waals surface area (Å²) in [6, 6.07) is 10.6. The average molecular weight is 342 g/mol. The zero-order valence-electron chi connectivity index (χ0n) is 15.4. The number of hydrogen-bond donors (Lipinski definition) is 2. The fourth-order valence-electron chi connectivity index (χ4n) is 2.63. The molecule has 0 unspecified atom stereocenters. The van der Waals surface area contributed by atoms with Crippen molar-refractivity contribution in [2.75, 3.05) is 37.6 Å². The lowest BCUT2D eigenvalue weighted by molar-refractivity contribution is 0.660. The minimum atomic E-state index is 0.809. The lowest BCUT2D eigenvalue weighted by Gasteiger charge is -2.22. The third kappa shape index (κ3) is 6.87. The molecule has 0 saturated carbocycles. The molecule has 25 heavy (non-hydrogen) atoms. The predicted molar refractivity (Wildman–Crippen MR) is 105 cm³/mol. The van der Waals surface area contributed by atoms with Crippen LogP contribution < -0.4 is 15.5 Å². The van der Waals surface area contributed by atoms with Crippen LogP contribution in [0.25, 0.3) is 0 Å². The Balaban J connectivity index is 1.74. The van der Waals surface area contributed by atoms with Gasteiger partial charge in [0.25, 0.3) is 0 Å². The van der Waals surface area contributed by atoms with E-state index in [9.17, 15) is 0 Å². The molecule has 6 heteroatoms. The van der Waals surface area contributed by atoms with E-state index < -0.39 is 0 Å². The first-order valence-electron chi connectivity index (χ1n) is 9.11. The van der Waals surface area contributed by atoms with Gasteiger partial charge in [-0.3, -0.25) is 4.99 Å². The van der Waals surface area contributed by atoms with Crippen molar-refractivity contribution in [1.29, 1.82) is 0 Å². The molecule has 0 fully saturated rings. The molecule has 1 aromatic carbocycles. The summed E-state index contributed by atoms with van der Waals surface area (Å²) in [6.45, 7) is 9.68. The average Bonchev–Trinajstić information content (AvgIpc) is 3.16. The zero-order valence-corrected chi connectivity index (χ0v) is 15.4. The lowest BCUT2D eigenvalue weighted by Crippen LogP contribution is -2.39. The summed E-state index contributed by atoms with van der Waals surface area (Å²) in [5.74, 6) is 0.880. The van der Waals surface area contributed by atoms with Crippen molar-refractivity contribution in [2.45, 2.75) is 26.8 Å². The fraction of sp³-hybridized carbons (Fsp3) is 0.474. The molecule has 1 heterocycles. The van der Waals surface area contributed by atoms with Crippen LogP contribution in [-0.4, -0.2) is 48.2 Å². The molecule has 0 spiro atoms. The topological polar surface area (TPSA) is 57.5 Å². The van der Waals surface area contributed by atoms with Gasteiger partial charge in [0, 0.05) is 57.3 Å². The van der Waals surface area contributed by atoms with Crippen LogP contribution in [0.2, 0.25) is 0 Å². The molecule has 1 aromatic heterocycles. The largest absolute Gasteiger partial charge is 0.372 e. The Morgan fingerprint density at radius 2 is 2.04 bits per heavy atom. The number of benzene rings is 1. The second-order valence-electron chi connectivity index (χ2n) is 5.76. The summed E-state index contributed by atoms with van der Waals surface area (Å²) in [5.41, 5.74) is 1.28. The minimum Gasteiger partial charge on any atom is -0.372 e. The van der Waals surface area contributed by atoms with Crippen LogP contribution in [0.15, 0.2) is 54.0 Å². The van der Waals surface area contributed by atoms with Gasteiger partial charge in [-0.15, -0.1) is 0 Å². The molecule has 2 rings (SSSR count). The molecule has 136 valence electrons. The van der Waals surface area contributed by atoms with Crippen LogP contribution in [0, 0.1) is 0 Å². The number of anilines is 1. The molecule has 0 saturated heterocycles. The standard InChI is InChI=1S/C19H30N6/c1-3-21-19(23-13-16-24-15-12-20-17-24)22-11-8-14-25(4-2)18-9-6-5-7-10-18/h5-7,9-10,12,15,17H,3-4,8,11,13-14,16H2,1-2H3,(H2,21,22,23). The number of aromatic nitrogens is 2. The Labute approximate surface area is 151 Å². The molecule has 0 aliphatic carbocycles. The van der Waals surface area contributed by atoms with Gasteiger partial charge in [-0.1, -0.05) is 18.2 Å². The van der Waals surface area contributed by atoms with Crippen LogP contribution in [0.4, 0.5) is 5.69 Å². The molecule has 0 atom stereocenters. The maximum absolute atomic E-state index is 4.68. The molecule has 0 aliphatic rings. The summed E-state index contributed by atoms with van der Waals surface area (Å²) in [6.07, 6.45) is 6.62. The van der Waals surface area contributed by atoms with Crippen LogP contribution in [0.5, 0.6) is 0 Å². The van der Waals surface area contributed by atoms with Gasteiger partial charge in [0.15, 0.2) is 5.96 Å². The van der Waals surface area contributed by atoms with Crippen LogP contribution in [-0.2, 0) is 6.54 Å². The predicted octanol–water partition coefficient (Wildman–Crippen LogP) is 2.35. The van der Waals surface area contributed by atoms with Gasteiger partial charge in [0.1, 0.15) is 0 Å². The summed E-state index contributed by atoms with van der Waals surface area (Å²) >= 11 is 0. The van der Waals surface area contributed by atoms with Crippen LogP contribution >= 0.6 is 0 Å². The first-order chi connectivity index (χ1) is 12.3. The highest BCUT2D eigenvalue weighted by Gasteiger charge is 2.03. The molecular weight excluding hydrogens is 312 g/mol. The van der Waals surface area contributed by atoms with E-state index in [1.54, 1.807) is 6.20 Å². The Bertz CT molecular complexity index is 594. The van der Waals surface area contributed by atoms with Gasteiger partial charge >= 0.3 is 0 Å². The summed E-state index contributed by atoms with van der Waals surface area (Å²) in [7, 11) is 0. The minimum absolute atomic E-state index is 0.809. The lowest BCUT2D eigenvalue weighted by atomic mass is 10.2. The number of rotatable bonds is 10. The maximum atomic E-state index is 4.68. The van der Waals surface area contributed by atoms with E-state index in [4.69, 9.17) is 0 Å². The smallest absolute Gasteiger partial charge is 0.191 e. The van der Waals surface area contributed by atoms with E-state index in [0.717, 1.165) is 51.6 Å². The third-order valence-electron chi connectivity index (χ3n) is 3.92. The molecular formula is C19H30N6. The molecule has 6 nitrogen and oxygen atoms in total. The van der Waals surface area contributed by atoms with Gasteiger partial charge in [-0.25, -0.2) is 4.98 Å². The second kappa shape index (κ2) is 11.1. The summed E-state index contributed by atoms with van der Waals surface area (Å²) in [4.78, 5) is 11.1. The van der Waals surface area contributed by atoms with Crippen LogP contribution in [0.1, 0.15) is 20.3 Å². The van der Waals surface area contributed by atoms with Crippen molar-refractivity contribution < 1.29 is 0 Å². The number of hydrogen-bond acceptors (Lipinski definition) is 3. The van der Waals surface area contributed by atoms with Crippen molar-refractivity contribution in [3.05, 3.63) is 49.1 Å². The van der Waals surface area contributed by atoms with Crippen molar-refractivity contribution >= 4 is 11.6 Å². The van der Waals surface area contributed by atoms with Gasteiger partial charge in [0.05, 0.1) is 6.33 Å². The van der Waals surface area contributed by atoms with Gasteiger partial charge in [-0.2, -0.15) is 0 Å². The van der Waals surface area contributed by atoms with Gasteiger partial charge in [-0.05, 0) is 32.4 Å². The maximum Gasteiger partial charge on any atom is 0.191 e. The summed E-state index contributed by atoms with van der Waals surface area (Å²) < 4.78 is 2.05. The van der Waals surface area contributed by atoms with E-state index in [2.05, 4.69) is 74.3 Å². The summed E-state index contributed by atoms with van der Waals surface area (Å²) in [5, 5.41) is 6.67. The van der Waals surface area contributed by atoms with Crippen molar-refractivity contribution in [2.24, 2.45) is 4.99 Å². The number of guanidine groups is 1. The Hall–Kier alpha value is -2.50. The monoisotopic (exact) mass is 342 g/mol. The number of aliphatic imine (C=N–C) groups is 1. The normalized spacial score (nSPS) is 11.4. The first-order valence-corrected chi connectivity index (χ1v) is 9.11. The first kappa shape index (κ1) is 18.8. The van der Waals surface area contributed by atoms with Gasteiger partial charge < -0.3 is 20.1 Å². The number of para-hydroxylation sites is 1. The number of nitrogens with zero attached hydrogens (tertiary/aromatic N) is 4. The highest BCUT2D eigenvalue weighted by atomic mass is 15.2. The number of nitrogens with one attached hydrogen (secondary N) is 2. The van der Waals surface area contributed by atoms with Crippen LogP contribution in [0.3, 0.4) is 0 Å². The molecule has 0 radical (unpaired) electrons. The highest BCUT2D eigenvalue weighted by Crippen LogP contribution is 2.12. The Morgan fingerprint density at radius 3 is 2.72 bits per heavy atom. The van der Waals surface area contributed by atoms with Crippen molar-refractivity contribution in [1.82, 2.24) is 20.2 Å². The zero-order chi connectivity index (χ0) is 17.7. The Morgan fingerprint density at radius 1 is 1.20 bits per heavy atom. The fourth-order valence-corrected chi connectivity index (χ4v) is 2.63. The quantitative estimate of drug-likeness (QED) is 0.395. The van der Waals surface area contributed by atoms with Gasteiger partial charge in [0.2, 0.25) is 0 Å². The molecule has 2 N–H and O–H groups in total. The number of imidazole rings is 1. The van der Waals surface area contributed by atoms with Crippen molar-refractivity contribution in [3.63, 3.8) is 0 Å². The highest BCUT2D eigenvalue weighted by molar-refractivity contribution is 5.79. The molecule has 0 bridgehead atoms. The molecule has 0 amide bonds.